The molecule has 1 N–H and O–H groups in total. The first-order valence-corrected chi connectivity index (χ1v) is 12.5. The first-order chi connectivity index (χ1) is 18.3. The summed E-state index contributed by atoms with van der Waals surface area (Å²) in [6, 6.07) is 16.0. The quantitative estimate of drug-likeness (QED) is 0.316. The number of anilines is 1. The number of nitrogens with one attached hydrogen (secondary N) is 1. The van der Waals surface area contributed by atoms with Crippen molar-refractivity contribution < 1.29 is 21.9 Å². The average molecular weight is 530 g/mol. The van der Waals surface area contributed by atoms with Crippen LogP contribution in [0, 0.1) is 23.0 Å². The summed E-state index contributed by atoms with van der Waals surface area (Å²) in [5.74, 6) is -1.13. The molecule has 2 aromatic heterocycles. The fourth-order valence-corrected chi connectivity index (χ4v) is 5.09. The molecule has 11 heteroatoms. The maximum atomic E-state index is 15.9. The Hall–Kier alpha value is -4.95. The van der Waals surface area contributed by atoms with Crippen molar-refractivity contribution in [1.29, 1.82) is 5.26 Å². The predicted octanol–water partition coefficient (Wildman–Crippen LogP) is 5.32. The number of methoxy groups -OCH3 is 1. The highest BCUT2D eigenvalue weighted by molar-refractivity contribution is 7.92. The molecule has 0 saturated heterocycles. The zero-order valence-corrected chi connectivity index (χ0v) is 20.5. The Balaban J connectivity index is 1.65. The molecule has 3 aromatic carbocycles. The SMILES string of the molecule is COc1cc(-c2ccc(F)cc2)c(C#N)c(F)c1-c1nccc2cc(S(=O)(=O)Nc3ccncn3)ccc12. The van der Waals surface area contributed by atoms with Gasteiger partial charge in [-0.1, -0.05) is 18.2 Å². The number of rotatable bonds is 6. The molecule has 0 unspecified atom stereocenters. The van der Waals surface area contributed by atoms with Gasteiger partial charge in [0.1, 0.15) is 29.8 Å². The van der Waals surface area contributed by atoms with Crippen molar-refractivity contribution in [2.45, 2.75) is 4.90 Å². The number of aromatic nitrogens is 3. The molecule has 0 fully saturated rings. The molecule has 0 radical (unpaired) electrons. The van der Waals surface area contributed by atoms with E-state index in [-0.39, 0.29) is 38.8 Å². The molecule has 0 aliphatic heterocycles. The monoisotopic (exact) mass is 529 g/mol. The van der Waals surface area contributed by atoms with Gasteiger partial charge in [-0.05, 0) is 53.4 Å². The van der Waals surface area contributed by atoms with E-state index >= 15 is 4.39 Å². The fraction of sp³-hybridized carbons (Fsp3) is 0.0370. The summed E-state index contributed by atoms with van der Waals surface area (Å²) in [5.41, 5.74) is 0.500. The zero-order valence-electron chi connectivity index (χ0n) is 19.7. The Morgan fingerprint density at radius 3 is 2.45 bits per heavy atom. The van der Waals surface area contributed by atoms with Crippen LogP contribution in [0.5, 0.6) is 5.75 Å². The number of fused-ring (bicyclic) bond motifs is 1. The van der Waals surface area contributed by atoms with Gasteiger partial charge in [0.15, 0.2) is 5.82 Å². The van der Waals surface area contributed by atoms with E-state index in [0.29, 0.717) is 16.3 Å². The van der Waals surface area contributed by atoms with Crippen LogP contribution in [0.3, 0.4) is 0 Å². The molecule has 5 rings (SSSR count). The van der Waals surface area contributed by atoms with Gasteiger partial charge in [-0.3, -0.25) is 9.71 Å². The molecule has 188 valence electrons. The van der Waals surface area contributed by atoms with Crippen molar-refractivity contribution in [3.63, 3.8) is 0 Å². The number of sulfonamides is 1. The van der Waals surface area contributed by atoms with Gasteiger partial charge in [0.2, 0.25) is 0 Å². The van der Waals surface area contributed by atoms with E-state index in [1.807, 2.05) is 6.07 Å². The summed E-state index contributed by atoms with van der Waals surface area (Å²) >= 11 is 0. The number of ether oxygens (including phenoxy) is 1. The first-order valence-electron chi connectivity index (χ1n) is 11.1. The Morgan fingerprint density at radius 2 is 1.76 bits per heavy atom. The third-order valence-corrected chi connectivity index (χ3v) is 7.17. The second-order valence-corrected chi connectivity index (χ2v) is 9.73. The minimum absolute atomic E-state index is 0.0439. The van der Waals surface area contributed by atoms with E-state index < -0.39 is 21.7 Å². The lowest BCUT2D eigenvalue weighted by atomic mass is 9.93. The third kappa shape index (κ3) is 4.49. The molecule has 0 saturated carbocycles. The highest BCUT2D eigenvalue weighted by Crippen LogP contribution is 2.41. The Bertz CT molecular complexity index is 1820. The molecule has 8 nitrogen and oxygen atoms in total. The summed E-state index contributed by atoms with van der Waals surface area (Å²) in [7, 11) is -2.63. The van der Waals surface area contributed by atoms with Gasteiger partial charge in [0.05, 0.1) is 28.8 Å². The van der Waals surface area contributed by atoms with Crippen LogP contribution in [-0.4, -0.2) is 30.5 Å². The predicted molar refractivity (Wildman–Crippen MR) is 137 cm³/mol. The second-order valence-electron chi connectivity index (χ2n) is 8.05. The smallest absolute Gasteiger partial charge is 0.263 e. The van der Waals surface area contributed by atoms with E-state index in [2.05, 4.69) is 19.7 Å². The number of halogens is 2. The van der Waals surface area contributed by atoms with Gasteiger partial charge in [-0.2, -0.15) is 5.26 Å². The van der Waals surface area contributed by atoms with Gasteiger partial charge in [0.25, 0.3) is 10.0 Å². The second kappa shape index (κ2) is 9.84. The summed E-state index contributed by atoms with van der Waals surface area (Å²) in [6.07, 6.45) is 4.03. The van der Waals surface area contributed by atoms with Crippen molar-refractivity contribution >= 4 is 26.6 Å². The topological polar surface area (TPSA) is 118 Å². The lowest BCUT2D eigenvalue weighted by molar-refractivity contribution is 0.413. The van der Waals surface area contributed by atoms with Crippen LogP contribution in [0.4, 0.5) is 14.6 Å². The van der Waals surface area contributed by atoms with E-state index in [0.717, 1.165) is 0 Å². The number of hydrogen-bond acceptors (Lipinski definition) is 7. The summed E-state index contributed by atoms with van der Waals surface area (Å²) in [4.78, 5) is 11.9. The largest absolute Gasteiger partial charge is 0.496 e. The first kappa shape index (κ1) is 24.7. The van der Waals surface area contributed by atoms with Crippen LogP contribution in [0.1, 0.15) is 5.56 Å². The van der Waals surface area contributed by atoms with Gasteiger partial charge in [-0.25, -0.2) is 27.2 Å². The number of hydrogen-bond donors (Lipinski definition) is 1. The minimum Gasteiger partial charge on any atom is -0.496 e. The minimum atomic E-state index is -3.98. The van der Waals surface area contributed by atoms with Crippen molar-refractivity contribution in [1.82, 2.24) is 15.0 Å². The molecule has 38 heavy (non-hydrogen) atoms. The molecule has 0 atom stereocenters. The van der Waals surface area contributed by atoms with Crippen LogP contribution >= 0.6 is 0 Å². The maximum absolute atomic E-state index is 15.9. The van der Waals surface area contributed by atoms with E-state index in [1.165, 1.54) is 80.4 Å². The molecule has 2 heterocycles. The van der Waals surface area contributed by atoms with Crippen LogP contribution in [-0.2, 0) is 10.0 Å². The molecule has 0 aliphatic carbocycles. The van der Waals surface area contributed by atoms with Gasteiger partial charge in [-0.15, -0.1) is 0 Å². The normalized spacial score (nSPS) is 11.2. The van der Waals surface area contributed by atoms with Crippen molar-refractivity contribution in [3.05, 3.63) is 96.6 Å². The fourth-order valence-electron chi connectivity index (χ4n) is 4.04. The van der Waals surface area contributed by atoms with E-state index in [4.69, 9.17) is 4.74 Å². The Morgan fingerprint density at radius 1 is 0.974 bits per heavy atom. The third-order valence-electron chi connectivity index (χ3n) is 5.82. The van der Waals surface area contributed by atoms with Crippen molar-refractivity contribution in [3.8, 4) is 34.2 Å². The number of pyridine rings is 1. The Kier molecular flexibility index (Phi) is 6.40. The molecular weight excluding hydrogens is 512 g/mol. The molecule has 0 spiro atoms. The van der Waals surface area contributed by atoms with Crippen LogP contribution < -0.4 is 9.46 Å². The Labute approximate surface area is 216 Å². The zero-order chi connectivity index (χ0) is 26.9. The van der Waals surface area contributed by atoms with Crippen LogP contribution in [0.15, 0.2) is 84.3 Å². The van der Waals surface area contributed by atoms with Gasteiger partial charge < -0.3 is 4.74 Å². The number of benzene rings is 3. The van der Waals surface area contributed by atoms with Gasteiger partial charge in [0, 0.05) is 23.3 Å². The summed E-state index contributed by atoms with van der Waals surface area (Å²) < 4.78 is 63.0. The lowest BCUT2D eigenvalue weighted by Gasteiger charge is -2.16. The van der Waals surface area contributed by atoms with Gasteiger partial charge >= 0.3 is 0 Å². The molecular formula is C27H17F2N5O3S. The molecule has 0 bridgehead atoms. The van der Waals surface area contributed by atoms with Crippen molar-refractivity contribution in [2.75, 3.05) is 11.8 Å². The average Bonchev–Trinajstić information content (AvgIpc) is 2.92. The number of nitrogens with zero attached hydrogens (tertiary/aromatic N) is 4. The number of nitriles is 1. The van der Waals surface area contributed by atoms with E-state index in [9.17, 15) is 18.1 Å². The molecule has 0 amide bonds. The van der Waals surface area contributed by atoms with E-state index in [1.54, 1.807) is 6.07 Å². The summed E-state index contributed by atoms with van der Waals surface area (Å²) in [6.45, 7) is 0. The standard InChI is InChI=1S/C27H17F2N5O3S/c1-37-23-13-21(16-2-4-18(28)5-3-16)22(14-30)26(29)25(23)27-20-7-6-19(12-17(20)8-11-32-27)38(35,36)34-24-9-10-31-15-33-24/h2-13,15H,1H3,(H,31,33,34). The molecule has 0 aliphatic rings. The van der Waals surface area contributed by atoms with Crippen molar-refractivity contribution in [2.24, 2.45) is 0 Å². The lowest BCUT2D eigenvalue weighted by Crippen LogP contribution is -2.13. The molecule has 5 aromatic rings. The maximum Gasteiger partial charge on any atom is 0.263 e. The highest BCUT2D eigenvalue weighted by Gasteiger charge is 2.24. The summed E-state index contributed by atoms with van der Waals surface area (Å²) in [5, 5.41) is 10.7. The van der Waals surface area contributed by atoms with Crippen LogP contribution in [0.2, 0.25) is 0 Å². The highest BCUT2D eigenvalue weighted by atomic mass is 32.2. The van der Waals surface area contributed by atoms with Crippen LogP contribution in [0.25, 0.3) is 33.2 Å².